The molecule has 88 valence electrons. The van der Waals surface area contributed by atoms with Crippen LogP contribution >= 0.6 is 0 Å². The van der Waals surface area contributed by atoms with E-state index < -0.39 is 0 Å². The molecule has 1 fully saturated rings. The van der Waals surface area contributed by atoms with Gasteiger partial charge in [-0.25, -0.2) is 0 Å². The Morgan fingerprint density at radius 1 is 1.24 bits per heavy atom. The molecule has 2 nitrogen and oxygen atoms in total. The van der Waals surface area contributed by atoms with Gasteiger partial charge < -0.3 is 6.33 Å². The molecule has 1 aromatic carbocycles. The summed E-state index contributed by atoms with van der Waals surface area (Å²) < 4.78 is 0. The van der Waals surface area contributed by atoms with E-state index in [1.807, 2.05) is 4.90 Å². The molecule has 0 spiro atoms. The molecule has 0 atom stereocenters. The molecule has 2 rings (SSSR count). The van der Waals surface area contributed by atoms with Gasteiger partial charge >= 0.3 is 29.6 Å². The monoisotopic (exact) mass is 241 g/mol. The Hall–Kier alpha value is -0.310. The summed E-state index contributed by atoms with van der Waals surface area (Å²) in [5.74, 6) is 0.239. The van der Waals surface area contributed by atoms with E-state index in [4.69, 9.17) is 0 Å². The van der Waals surface area contributed by atoms with Crippen molar-refractivity contribution in [2.45, 2.75) is 33.6 Å². The maximum atomic E-state index is 11.3. The molecule has 0 N–H and O–H groups in total. The summed E-state index contributed by atoms with van der Waals surface area (Å²) in [7, 11) is 0. The first-order chi connectivity index (χ1) is 7.46. The van der Waals surface area contributed by atoms with Crippen LogP contribution in [0.4, 0.5) is 5.69 Å². The smallest absolute Gasteiger partial charge is 1.00 e. The summed E-state index contributed by atoms with van der Waals surface area (Å²) in [6.45, 7) is 7.58. The minimum Gasteiger partial charge on any atom is -1.00 e. The summed E-state index contributed by atoms with van der Waals surface area (Å²) in [4.78, 5) is 13.1. The number of carbonyl (C=O) groups excluding carboxylic acids is 1. The van der Waals surface area contributed by atoms with Crippen LogP contribution in [0.5, 0.6) is 0 Å². The average molecular weight is 241 g/mol. The van der Waals surface area contributed by atoms with Gasteiger partial charge in [-0.3, -0.25) is 4.79 Å². The zero-order valence-electron chi connectivity index (χ0n) is 12.3. The van der Waals surface area contributed by atoms with E-state index in [0.29, 0.717) is 11.8 Å². The number of nitrogens with zero attached hydrogens (tertiary/aromatic N) is 1. The maximum absolute atomic E-state index is 11.3. The van der Waals surface area contributed by atoms with Gasteiger partial charge in [0.15, 0.2) is 0 Å². The van der Waals surface area contributed by atoms with Gasteiger partial charge in [0.1, 0.15) is 0 Å². The molecule has 17 heavy (non-hydrogen) atoms. The predicted octanol–water partition coefficient (Wildman–Crippen LogP) is 0.128. The van der Waals surface area contributed by atoms with Crippen LogP contribution in [0.15, 0.2) is 24.3 Å². The van der Waals surface area contributed by atoms with Crippen molar-refractivity contribution in [2.75, 3.05) is 11.4 Å². The van der Waals surface area contributed by atoms with Gasteiger partial charge in [0.2, 0.25) is 5.91 Å². The summed E-state index contributed by atoms with van der Waals surface area (Å²) >= 11 is 0. The topological polar surface area (TPSA) is 20.3 Å². The van der Waals surface area contributed by atoms with Crippen LogP contribution in [-0.4, -0.2) is 12.5 Å². The van der Waals surface area contributed by atoms with Crippen LogP contribution in [-0.2, 0) is 11.2 Å². The Morgan fingerprint density at radius 3 is 2.18 bits per heavy atom. The molecule has 1 saturated heterocycles. The van der Waals surface area contributed by atoms with E-state index in [1.165, 1.54) is 5.56 Å². The van der Waals surface area contributed by atoms with Crippen molar-refractivity contribution in [1.82, 2.24) is 0 Å². The largest absolute Gasteiger partial charge is 1.00 e. The Kier molecular flexibility index (Phi) is 4.82. The molecule has 0 aliphatic carbocycles. The average Bonchev–Trinajstić information content (AvgIpc) is 2.16. The number of amides is 1. The van der Waals surface area contributed by atoms with Crippen molar-refractivity contribution in [3.8, 4) is 0 Å². The molecule has 3 heteroatoms. The summed E-state index contributed by atoms with van der Waals surface area (Å²) in [6.07, 6.45) is 1.77. The third kappa shape index (κ3) is 3.84. The van der Waals surface area contributed by atoms with Crippen LogP contribution in [0.1, 0.15) is 34.2 Å². The number of benzene rings is 1. The second kappa shape index (κ2) is 5.55. The Balaban J connectivity index is 0.00000144. The van der Waals surface area contributed by atoms with Crippen LogP contribution in [0.2, 0.25) is 0 Å². The van der Waals surface area contributed by atoms with Gasteiger partial charge in [-0.2, -0.15) is 0 Å². The molecule has 0 aromatic heterocycles. The zero-order chi connectivity index (χ0) is 11.8. The van der Waals surface area contributed by atoms with Gasteiger partial charge in [-0.05, 0) is 29.5 Å². The van der Waals surface area contributed by atoms with E-state index in [0.717, 1.165) is 18.7 Å². The van der Waals surface area contributed by atoms with Gasteiger partial charge in [-0.15, -0.1) is 0 Å². The number of carbonyl (C=O) groups is 1. The first kappa shape index (κ1) is 14.7. The molecular weight excluding hydrogens is 221 g/mol. The second-order valence-electron chi connectivity index (χ2n) is 5.70. The van der Waals surface area contributed by atoms with Crippen LogP contribution < -0.4 is 34.5 Å². The SMILES string of the molecule is CC(C)(C)Cc1ccc(N2CCC2=O)cc1.[H-].[Na+]. The fourth-order valence-corrected chi connectivity index (χ4v) is 1.99. The molecule has 1 heterocycles. The van der Waals surface area contributed by atoms with Crippen LogP contribution in [0.3, 0.4) is 0 Å². The van der Waals surface area contributed by atoms with E-state index in [2.05, 4.69) is 45.0 Å². The second-order valence-corrected chi connectivity index (χ2v) is 5.70. The van der Waals surface area contributed by atoms with E-state index in [1.54, 1.807) is 0 Å². The molecule has 1 aliphatic heterocycles. The summed E-state index contributed by atoms with van der Waals surface area (Å²) in [5, 5.41) is 0. The summed E-state index contributed by atoms with van der Waals surface area (Å²) in [5.41, 5.74) is 2.69. The fourth-order valence-electron chi connectivity index (χ4n) is 1.99. The van der Waals surface area contributed by atoms with E-state index in [9.17, 15) is 4.79 Å². The van der Waals surface area contributed by atoms with Gasteiger partial charge in [-0.1, -0.05) is 32.9 Å². The van der Waals surface area contributed by atoms with Gasteiger partial charge in [0, 0.05) is 18.7 Å². The number of hydrogen-bond acceptors (Lipinski definition) is 1. The number of rotatable bonds is 2. The van der Waals surface area contributed by atoms with E-state index in [-0.39, 0.29) is 36.9 Å². The number of hydrogen-bond donors (Lipinski definition) is 0. The number of β-lactam (4-membered cyclic amide) rings is 1. The third-order valence-electron chi connectivity index (χ3n) is 2.83. The maximum Gasteiger partial charge on any atom is 1.00 e. The molecule has 0 unspecified atom stereocenters. The first-order valence-electron chi connectivity index (χ1n) is 5.85. The molecule has 0 bridgehead atoms. The van der Waals surface area contributed by atoms with Gasteiger partial charge in [0.25, 0.3) is 0 Å². The third-order valence-corrected chi connectivity index (χ3v) is 2.83. The van der Waals surface area contributed by atoms with Crippen molar-refractivity contribution in [1.29, 1.82) is 0 Å². The van der Waals surface area contributed by atoms with Crippen molar-refractivity contribution < 1.29 is 35.8 Å². The number of anilines is 1. The minimum atomic E-state index is 0. The quantitative estimate of drug-likeness (QED) is 0.532. The molecule has 0 radical (unpaired) electrons. The molecular formula is C14H20NNaO. The van der Waals surface area contributed by atoms with Crippen LogP contribution in [0, 0.1) is 5.41 Å². The fraction of sp³-hybridized carbons (Fsp3) is 0.500. The normalized spacial score (nSPS) is 15.2. The molecule has 1 aromatic rings. The summed E-state index contributed by atoms with van der Waals surface area (Å²) in [6, 6.07) is 8.37. The van der Waals surface area contributed by atoms with Crippen molar-refractivity contribution in [3.63, 3.8) is 0 Å². The Labute approximate surface area is 127 Å². The van der Waals surface area contributed by atoms with Crippen molar-refractivity contribution in [2.24, 2.45) is 5.41 Å². The van der Waals surface area contributed by atoms with E-state index >= 15 is 0 Å². The van der Waals surface area contributed by atoms with Crippen molar-refractivity contribution >= 4 is 11.6 Å². The Morgan fingerprint density at radius 2 is 1.82 bits per heavy atom. The molecule has 1 aliphatic rings. The standard InChI is InChI=1S/C14H19NO.Na.H/c1-14(2,3)10-11-4-6-12(7-5-11)15-9-8-13(15)16;;/h4-7H,8-10H2,1-3H3;;/q;+1;-1. The molecule has 0 saturated carbocycles. The predicted molar refractivity (Wildman–Crippen MR) is 67.7 cm³/mol. The minimum absolute atomic E-state index is 0. The van der Waals surface area contributed by atoms with Crippen molar-refractivity contribution in [3.05, 3.63) is 29.8 Å². The van der Waals surface area contributed by atoms with Gasteiger partial charge in [0.05, 0.1) is 0 Å². The zero-order valence-corrected chi connectivity index (χ0v) is 13.3. The molecule has 1 amide bonds. The Bertz CT molecular complexity index is 397. The first-order valence-corrected chi connectivity index (χ1v) is 5.85. The van der Waals surface area contributed by atoms with Crippen LogP contribution in [0.25, 0.3) is 0 Å².